The van der Waals surface area contributed by atoms with Crippen LogP contribution in [0.4, 0.5) is 19.0 Å². The second-order valence-corrected chi connectivity index (χ2v) is 5.65. The molecule has 25 heavy (non-hydrogen) atoms. The summed E-state index contributed by atoms with van der Waals surface area (Å²) in [5.74, 6) is -0.273. The Hall–Kier alpha value is -2.84. The zero-order valence-electron chi connectivity index (χ0n) is 13.0. The first-order valence-electron chi connectivity index (χ1n) is 7.79. The molecular weight excluding hydrogens is 335 g/mol. The van der Waals surface area contributed by atoms with Crippen LogP contribution in [0.1, 0.15) is 24.4 Å². The first kappa shape index (κ1) is 15.7. The molecule has 4 rings (SSSR count). The van der Waals surface area contributed by atoms with Crippen molar-refractivity contribution in [3.8, 4) is 5.88 Å². The van der Waals surface area contributed by atoms with E-state index in [1.165, 1.54) is 18.2 Å². The standard InChI is InChI=1S/C16H14F3N5O/c17-9-2-3-12-11(6-9)15(22-16(21-12)14(18)19)20-8-10-7-13-24(23-10)4-1-5-25-13/h2-3,6-7,14H,1,4-5,8H2,(H,20,21,22). The van der Waals surface area contributed by atoms with E-state index in [1.807, 2.05) is 0 Å². The van der Waals surface area contributed by atoms with Gasteiger partial charge in [-0.2, -0.15) is 5.10 Å². The summed E-state index contributed by atoms with van der Waals surface area (Å²) >= 11 is 0. The number of aromatic nitrogens is 4. The van der Waals surface area contributed by atoms with Gasteiger partial charge in [0.25, 0.3) is 6.43 Å². The van der Waals surface area contributed by atoms with Crippen molar-refractivity contribution >= 4 is 16.7 Å². The van der Waals surface area contributed by atoms with Crippen molar-refractivity contribution < 1.29 is 17.9 Å². The summed E-state index contributed by atoms with van der Waals surface area (Å²) in [6.45, 7) is 1.66. The summed E-state index contributed by atoms with van der Waals surface area (Å²) < 4.78 is 46.8. The lowest BCUT2D eigenvalue weighted by Crippen LogP contribution is -2.14. The largest absolute Gasteiger partial charge is 0.478 e. The minimum Gasteiger partial charge on any atom is -0.478 e. The number of anilines is 1. The fourth-order valence-corrected chi connectivity index (χ4v) is 2.73. The Kier molecular flexibility index (Phi) is 3.90. The van der Waals surface area contributed by atoms with Gasteiger partial charge in [-0.15, -0.1) is 0 Å². The average molecular weight is 349 g/mol. The molecule has 1 aliphatic rings. The van der Waals surface area contributed by atoms with Crippen LogP contribution in [0.25, 0.3) is 10.9 Å². The van der Waals surface area contributed by atoms with E-state index in [9.17, 15) is 13.2 Å². The van der Waals surface area contributed by atoms with Crippen LogP contribution in [0.5, 0.6) is 5.88 Å². The second-order valence-electron chi connectivity index (χ2n) is 5.65. The van der Waals surface area contributed by atoms with Gasteiger partial charge in [0, 0.05) is 24.4 Å². The van der Waals surface area contributed by atoms with Gasteiger partial charge in [0.05, 0.1) is 24.4 Å². The van der Waals surface area contributed by atoms with Crippen LogP contribution < -0.4 is 10.1 Å². The number of hydrogen-bond donors (Lipinski definition) is 1. The van der Waals surface area contributed by atoms with E-state index in [1.54, 1.807) is 10.7 Å². The minimum absolute atomic E-state index is 0.145. The number of rotatable bonds is 4. The zero-order valence-corrected chi connectivity index (χ0v) is 13.0. The summed E-state index contributed by atoms with van der Waals surface area (Å²) in [5.41, 5.74) is 0.931. The molecule has 0 bridgehead atoms. The fourth-order valence-electron chi connectivity index (χ4n) is 2.73. The van der Waals surface area contributed by atoms with Crippen molar-refractivity contribution in [1.82, 2.24) is 19.7 Å². The number of hydrogen-bond acceptors (Lipinski definition) is 5. The summed E-state index contributed by atoms with van der Waals surface area (Å²) in [4.78, 5) is 7.61. The lowest BCUT2D eigenvalue weighted by molar-refractivity contribution is 0.141. The minimum atomic E-state index is -2.82. The summed E-state index contributed by atoms with van der Waals surface area (Å²) in [6.07, 6.45) is -1.93. The Morgan fingerprint density at radius 2 is 2.12 bits per heavy atom. The second kappa shape index (κ2) is 6.23. The quantitative estimate of drug-likeness (QED) is 0.783. The molecule has 3 aromatic rings. The van der Waals surface area contributed by atoms with Crippen LogP contribution in [-0.4, -0.2) is 26.4 Å². The highest BCUT2D eigenvalue weighted by molar-refractivity contribution is 5.89. The molecule has 0 unspecified atom stereocenters. The maximum absolute atomic E-state index is 13.5. The van der Waals surface area contributed by atoms with Crippen molar-refractivity contribution in [3.05, 3.63) is 41.6 Å². The summed E-state index contributed by atoms with van der Waals surface area (Å²) in [6, 6.07) is 5.53. The van der Waals surface area contributed by atoms with Crippen LogP contribution in [-0.2, 0) is 13.1 Å². The number of nitrogens with one attached hydrogen (secondary N) is 1. The number of fused-ring (bicyclic) bond motifs is 2. The van der Waals surface area contributed by atoms with Gasteiger partial charge in [-0.25, -0.2) is 27.8 Å². The van der Waals surface area contributed by atoms with Gasteiger partial charge in [0.15, 0.2) is 5.82 Å². The molecule has 0 radical (unpaired) electrons. The van der Waals surface area contributed by atoms with Crippen molar-refractivity contribution in [2.45, 2.75) is 25.9 Å². The lowest BCUT2D eigenvalue weighted by atomic mass is 10.2. The van der Waals surface area contributed by atoms with Crippen LogP contribution in [0.3, 0.4) is 0 Å². The molecule has 130 valence electrons. The molecule has 0 amide bonds. The molecule has 9 heteroatoms. The molecule has 1 aliphatic heterocycles. The maximum atomic E-state index is 13.5. The van der Waals surface area contributed by atoms with E-state index in [0.717, 1.165) is 13.0 Å². The van der Waals surface area contributed by atoms with Gasteiger partial charge in [0.1, 0.15) is 11.6 Å². The SMILES string of the molecule is Fc1ccc2nc(C(F)F)nc(NCc3cc4n(n3)CCCO4)c2c1. The predicted molar refractivity (Wildman–Crippen MR) is 84.1 cm³/mol. The molecule has 0 spiro atoms. The Balaban J connectivity index is 1.65. The van der Waals surface area contributed by atoms with Crippen LogP contribution in [0.15, 0.2) is 24.3 Å². The van der Waals surface area contributed by atoms with E-state index >= 15 is 0 Å². The zero-order chi connectivity index (χ0) is 17.4. The fraction of sp³-hybridized carbons (Fsp3) is 0.312. The molecule has 0 saturated carbocycles. The lowest BCUT2D eigenvalue weighted by Gasteiger charge is -2.13. The van der Waals surface area contributed by atoms with Crippen molar-refractivity contribution in [2.24, 2.45) is 0 Å². The topological polar surface area (TPSA) is 64.9 Å². The molecular formula is C16H14F3N5O. The summed E-state index contributed by atoms with van der Waals surface area (Å²) in [5, 5.41) is 7.68. The number of aryl methyl sites for hydroxylation is 1. The number of nitrogens with zero attached hydrogens (tertiary/aromatic N) is 4. The van der Waals surface area contributed by atoms with Gasteiger partial charge in [-0.1, -0.05) is 0 Å². The van der Waals surface area contributed by atoms with E-state index < -0.39 is 18.1 Å². The highest BCUT2D eigenvalue weighted by atomic mass is 19.3. The van der Waals surface area contributed by atoms with Crippen LogP contribution in [0, 0.1) is 5.82 Å². The predicted octanol–water partition coefficient (Wildman–Crippen LogP) is 3.30. The third-order valence-electron chi connectivity index (χ3n) is 3.87. The van der Waals surface area contributed by atoms with Gasteiger partial charge in [-0.05, 0) is 18.2 Å². The number of benzene rings is 1. The molecule has 0 saturated heterocycles. The molecule has 3 heterocycles. The van der Waals surface area contributed by atoms with E-state index in [-0.39, 0.29) is 17.9 Å². The van der Waals surface area contributed by atoms with Gasteiger partial charge in [0.2, 0.25) is 5.88 Å². The van der Waals surface area contributed by atoms with E-state index in [0.29, 0.717) is 23.6 Å². The molecule has 6 nitrogen and oxygen atoms in total. The molecule has 0 fully saturated rings. The molecule has 0 atom stereocenters. The summed E-state index contributed by atoms with van der Waals surface area (Å²) in [7, 11) is 0. The number of halogens is 3. The van der Waals surface area contributed by atoms with Crippen molar-refractivity contribution in [3.63, 3.8) is 0 Å². The first-order chi connectivity index (χ1) is 12.1. The van der Waals surface area contributed by atoms with Crippen molar-refractivity contribution in [1.29, 1.82) is 0 Å². The van der Waals surface area contributed by atoms with E-state index in [2.05, 4.69) is 20.4 Å². The van der Waals surface area contributed by atoms with Gasteiger partial charge >= 0.3 is 0 Å². The molecule has 0 aliphatic carbocycles. The number of ether oxygens (including phenoxy) is 1. The Morgan fingerprint density at radius 3 is 2.92 bits per heavy atom. The van der Waals surface area contributed by atoms with Gasteiger partial charge in [-0.3, -0.25) is 0 Å². The Morgan fingerprint density at radius 1 is 1.24 bits per heavy atom. The monoisotopic (exact) mass is 349 g/mol. The normalized spacial score (nSPS) is 13.8. The third kappa shape index (κ3) is 3.09. The third-order valence-corrected chi connectivity index (χ3v) is 3.87. The Labute approximate surface area is 140 Å². The molecule has 1 aromatic carbocycles. The first-order valence-corrected chi connectivity index (χ1v) is 7.79. The molecule has 2 aromatic heterocycles. The van der Waals surface area contributed by atoms with Gasteiger partial charge < -0.3 is 10.1 Å². The average Bonchev–Trinajstić information content (AvgIpc) is 3.02. The highest BCUT2D eigenvalue weighted by Gasteiger charge is 2.17. The smallest absolute Gasteiger partial charge is 0.297 e. The van der Waals surface area contributed by atoms with E-state index in [4.69, 9.17) is 4.74 Å². The highest BCUT2D eigenvalue weighted by Crippen LogP contribution is 2.26. The van der Waals surface area contributed by atoms with Crippen molar-refractivity contribution in [2.75, 3.05) is 11.9 Å². The van der Waals surface area contributed by atoms with Crippen LogP contribution >= 0.6 is 0 Å². The number of alkyl halides is 2. The molecule has 1 N–H and O–H groups in total. The van der Waals surface area contributed by atoms with Crippen LogP contribution in [0.2, 0.25) is 0 Å². The Bertz CT molecular complexity index is 904. The maximum Gasteiger partial charge on any atom is 0.297 e.